The SMILES string of the molecule is CCCOCCC(=O)N1CCN(c2cccc(N)c2)CC1. The van der Waals surface area contributed by atoms with Crippen LogP contribution in [0.3, 0.4) is 0 Å². The highest BCUT2D eigenvalue weighted by atomic mass is 16.5. The molecule has 21 heavy (non-hydrogen) atoms. The van der Waals surface area contributed by atoms with E-state index >= 15 is 0 Å². The maximum absolute atomic E-state index is 12.1. The average molecular weight is 291 g/mol. The van der Waals surface area contributed by atoms with Crippen LogP contribution in [0.5, 0.6) is 0 Å². The van der Waals surface area contributed by atoms with Crippen LogP contribution in [0.2, 0.25) is 0 Å². The van der Waals surface area contributed by atoms with Gasteiger partial charge in [0.25, 0.3) is 0 Å². The molecule has 5 heteroatoms. The molecule has 1 aliphatic heterocycles. The van der Waals surface area contributed by atoms with Gasteiger partial charge >= 0.3 is 0 Å². The van der Waals surface area contributed by atoms with Crippen molar-refractivity contribution in [3.63, 3.8) is 0 Å². The molecule has 1 amide bonds. The lowest BCUT2D eigenvalue weighted by Gasteiger charge is -2.36. The molecule has 1 aromatic rings. The molecule has 5 nitrogen and oxygen atoms in total. The van der Waals surface area contributed by atoms with Crippen LogP contribution < -0.4 is 10.6 Å². The minimum atomic E-state index is 0.193. The van der Waals surface area contributed by atoms with Crippen molar-refractivity contribution in [3.8, 4) is 0 Å². The number of hydrogen-bond acceptors (Lipinski definition) is 4. The smallest absolute Gasteiger partial charge is 0.225 e. The van der Waals surface area contributed by atoms with E-state index in [-0.39, 0.29) is 5.91 Å². The molecule has 0 aliphatic carbocycles. The minimum absolute atomic E-state index is 0.193. The molecule has 0 aromatic heterocycles. The average Bonchev–Trinajstić information content (AvgIpc) is 2.51. The van der Waals surface area contributed by atoms with Gasteiger partial charge in [0.1, 0.15) is 0 Å². The molecule has 0 saturated carbocycles. The molecule has 116 valence electrons. The van der Waals surface area contributed by atoms with Crippen molar-refractivity contribution in [2.45, 2.75) is 19.8 Å². The normalized spacial score (nSPS) is 15.3. The first kappa shape index (κ1) is 15.6. The lowest BCUT2D eigenvalue weighted by atomic mass is 10.2. The van der Waals surface area contributed by atoms with E-state index in [2.05, 4.69) is 17.9 Å². The van der Waals surface area contributed by atoms with Gasteiger partial charge in [-0.15, -0.1) is 0 Å². The van der Waals surface area contributed by atoms with Crippen molar-refractivity contribution < 1.29 is 9.53 Å². The lowest BCUT2D eigenvalue weighted by Crippen LogP contribution is -2.49. The van der Waals surface area contributed by atoms with Gasteiger partial charge in [0.2, 0.25) is 5.91 Å². The summed E-state index contributed by atoms with van der Waals surface area (Å²) in [6, 6.07) is 7.90. The maximum Gasteiger partial charge on any atom is 0.225 e. The van der Waals surface area contributed by atoms with Gasteiger partial charge in [-0.2, -0.15) is 0 Å². The minimum Gasteiger partial charge on any atom is -0.399 e. The van der Waals surface area contributed by atoms with Crippen molar-refractivity contribution in [2.75, 3.05) is 50.0 Å². The summed E-state index contributed by atoms with van der Waals surface area (Å²) in [5.41, 5.74) is 7.72. The fourth-order valence-corrected chi connectivity index (χ4v) is 2.50. The number of nitrogen functional groups attached to an aromatic ring is 1. The fraction of sp³-hybridized carbons (Fsp3) is 0.562. The second kappa shape index (κ2) is 7.88. The van der Waals surface area contributed by atoms with Crippen LogP contribution in [-0.2, 0) is 9.53 Å². The zero-order valence-electron chi connectivity index (χ0n) is 12.8. The van der Waals surface area contributed by atoms with Gasteiger partial charge in [0.15, 0.2) is 0 Å². The Morgan fingerprint density at radius 2 is 2.00 bits per heavy atom. The van der Waals surface area contributed by atoms with Crippen LogP contribution in [0.1, 0.15) is 19.8 Å². The summed E-state index contributed by atoms with van der Waals surface area (Å²) >= 11 is 0. The van der Waals surface area contributed by atoms with E-state index in [1.54, 1.807) is 0 Å². The molecule has 1 aromatic carbocycles. The highest BCUT2D eigenvalue weighted by Gasteiger charge is 2.20. The summed E-state index contributed by atoms with van der Waals surface area (Å²) in [6.45, 7) is 6.56. The Labute approximate surface area is 126 Å². The third-order valence-corrected chi connectivity index (χ3v) is 3.68. The van der Waals surface area contributed by atoms with E-state index in [0.717, 1.165) is 50.6 Å². The number of rotatable bonds is 6. The van der Waals surface area contributed by atoms with Crippen LogP contribution in [0.4, 0.5) is 11.4 Å². The molecule has 2 N–H and O–H groups in total. The number of hydrogen-bond donors (Lipinski definition) is 1. The molecule has 1 aliphatic rings. The maximum atomic E-state index is 12.1. The summed E-state index contributed by atoms with van der Waals surface area (Å²) in [5.74, 6) is 0.193. The molecule has 1 saturated heterocycles. The Morgan fingerprint density at radius 3 is 2.67 bits per heavy atom. The van der Waals surface area contributed by atoms with Gasteiger partial charge in [-0.3, -0.25) is 4.79 Å². The van der Waals surface area contributed by atoms with Gasteiger partial charge in [0, 0.05) is 44.2 Å². The number of nitrogens with two attached hydrogens (primary N) is 1. The third-order valence-electron chi connectivity index (χ3n) is 3.68. The fourth-order valence-electron chi connectivity index (χ4n) is 2.50. The second-order valence-electron chi connectivity index (χ2n) is 5.33. The standard InChI is InChI=1S/C16H25N3O2/c1-2-11-21-12-6-16(20)19-9-7-18(8-10-19)15-5-3-4-14(17)13-15/h3-5,13H,2,6-12,17H2,1H3. The van der Waals surface area contributed by atoms with Crippen molar-refractivity contribution in [3.05, 3.63) is 24.3 Å². The van der Waals surface area contributed by atoms with E-state index in [0.29, 0.717) is 13.0 Å². The van der Waals surface area contributed by atoms with E-state index in [1.807, 2.05) is 23.1 Å². The Kier molecular flexibility index (Phi) is 5.87. The summed E-state index contributed by atoms with van der Waals surface area (Å²) in [5, 5.41) is 0. The summed E-state index contributed by atoms with van der Waals surface area (Å²) in [7, 11) is 0. The Bertz CT molecular complexity index is 457. The van der Waals surface area contributed by atoms with E-state index in [1.165, 1.54) is 0 Å². The summed E-state index contributed by atoms with van der Waals surface area (Å²) in [6.07, 6.45) is 1.48. The first-order valence-corrected chi connectivity index (χ1v) is 7.66. The number of ether oxygens (including phenoxy) is 1. The molecule has 0 unspecified atom stereocenters. The Balaban J connectivity index is 1.76. The largest absolute Gasteiger partial charge is 0.399 e. The predicted octanol–water partition coefficient (Wildman–Crippen LogP) is 1.73. The number of nitrogens with zero attached hydrogens (tertiary/aromatic N) is 2. The lowest BCUT2D eigenvalue weighted by molar-refractivity contribution is -0.132. The van der Waals surface area contributed by atoms with E-state index in [4.69, 9.17) is 10.5 Å². The van der Waals surface area contributed by atoms with Gasteiger partial charge in [-0.05, 0) is 24.6 Å². The quantitative estimate of drug-likeness (QED) is 0.640. The summed E-state index contributed by atoms with van der Waals surface area (Å²) in [4.78, 5) is 16.3. The number of benzene rings is 1. The molecule has 0 spiro atoms. The number of anilines is 2. The first-order chi connectivity index (χ1) is 10.2. The van der Waals surface area contributed by atoms with Gasteiger partial charge in [-0.25, -0.2) is 0 Å². The van der Waals surface area contributed by atoms with Crippen LogP contribution in [0.25, 0.3) is 0 Å². The van der Waals surface area contributed by atoms with Crippen LogP contribution in [0.15, 0.2) is 24.3 Å². The van der Waals surface area contributed by atoms with E-state index < -0.39 is 0 Å². The van der Waals surface area contributed by atoms with Crippen LogP contribution in [-0.4, -0.2) is 50.2 Å². The van der Waals surface area contributed by atoms with Crippen molar-refractivity contribution >= 4 is 17.3 Å². The predicted molar refractivity (Wildman–Crippen MR) is 85.4 cm³/mol. The molecule has 0 atom stereocenters. The first-order valence-electron chi connectivity index (χ1n) is 7.66. The molecule has 0 bridgehead atoms. The summed E-state index contributed by atoms with van der Waals surface area (Å²) < 4.78 is 5.38. The van der Waals surface area contributed by atoms with Crippen molar-refractivity contribution in [2.24, 2.45) is 0 Å². The number of carbonyl (C=O) groups is 1. The molecular formula is C16H25N3O2. The topological polar surface area (TPSA) is 58.8 Å². The zero-order valence-corrected chi connectivity index (χ0v) is 12.8. The Morgan fingerprint density at radius 1 is 1.24 bits per heavy atom. The number of amides is 1. The van der Waals surface area contributed by atoms with Gasteiger partial charge in [0.05, 0.1) is 13.0 Å². The highest BCUT2D eigenvalue weighted by Crippen LogP contribution is 2.19. The van der Waals surface area contributed by atoms with Crippen molar-refractivity contribution in [1.82, 2.24) is 4.90 Å². The zero-order chi connectivity index (χ0) is 15.1. The monoisotopic (exact) mass is 291 g/mol. The van der Waals surface area contributed by atoms with Crippen LogP contribution >= 0.6 is 0 Å². The highest BCUT2D eigenvalue weighted by molar-refractivity contribution is 5.76. The second-order valence-corrected chi connectivity index (χ2v) is 5.33. The number of piperazine rings is 1. The van der Waals surface area contributed by atoms with E-state index in [9.17, 15) is 4.79 Å². The Hall–Kier alpha value is -1.75. The number of carbonyl (C=O) groups excluding carboxylic acids is 1. The van der Waals surface area contributed by atoms with Crippen LogP contribution in [0, 0.1) is 0 Å². The third kappa shape index (κ3) is 4.63. The van der Waals surface area contributed by atoms with Gasteiger partial charge < -0.3 is 20.3 Å². The molecular weight excluding hydrogens is 266 g/mol. The molecule has 1 fully saturated rings. The molecule has 0 radical (unpaired) electrons. The molecule has 2 rings (SSSR count). The van der Waals surface area contributed by atoms with Crippen molar-refractivity contribution in [1.29, 1.82) is 0 Å². The van der Waals surface area contributed by atoms with Gasteiger partial charge in [-0.1, -0.05) is 13.0 Å². The molecule has 1 heterocycles.